The summed E-state index contributed by atoms with van der Waals surface area (Å²) in [5.74, 6) is -0.398. The SMILES string of the molecule is Nc1nc2c(ncn2[C@@H]2O[C@@]34CO[C@@H]2[C@@H]3OP(=O)(O)OC[C@@]23C[C@@H]2[C@@H](n2cnc5c(N)ncnc52)[C@H](O)[C@@H]3OP(O)(=S)OC4)c(=O)[nH]1. The normalized spacial score (nSPS) is 42.9. The number of hydrogen-bond donors (Lipinski definition) is 6. The minimum atomic E-state index is -4.86. The number of ether oxygens (including phenoxy) is 2. The standard InChI is InChI=1S/C23H26N10O11P2S/c24-16-9-17(27-5-26-16)32(6-28-9)11-8-1-22(8)2-40-45(36,37)43-15-13-20(33-7-29-10-18(33)30-21(25)31-19(10)35)42-23(15,3-39-13)4-41-46(38,47)44-14(22)12(11)34/h5-8,11-15,20,34H,1-4H2,(H,36,37)(H,38,47)(H2,24,26,27)(H3,25,30,31,35)/t8-,11-,12+,13-,14+,15+,20-,22+,23-,46?/m1/s1. The van der Waals surface area contributed by atoms with Crippen LogP contribution >= 0.6 is 14.5 Å². The van der Waals surface area contributed by atoms with Crippen molar-refractivity contribution in [3.63, 3.8) is 0 Å². The Morgan fingerprint density at radius 1 is 1.00 bits per heavy atom. The molecule has 0 amide bonds. The van der Waals surface area contributed by atoms with E-state index in [-0.39, 0.29) is 35.5 Å². The van der Waals surface area contributed by atoms with Gasteiger partial charge in [0, 0.05) is 5.41 Å². The molecule has 2 bridgehead atoms. The van der Waals surface area contributed by atoms with E-state index in [1.807, 2.05) is 0 Å². The summed E-state index contributed by atoms with van der Waals surface area (Å²) in [5, 5.41) is 11.6. The van der Waals surface area contributed by atoms with Crippen molar-refractivity contribution in [1.29, 1.82) is 0 Å². The van der Waals surface area contributed by atoms with Crippen LogP contribution in [-0.2, 0) is 43.9 Å². The van der Waals surface area contributed by atoms with Gasteiger partial charge in [0.25, 0.3) is 5.56 Å². The predicted molar refractivity (Wildman–Crippen MR) is 158 cm³/mol. The number of rotatable bonds is 2. The minimum absolute atomic E-state index is 0.0316. The highest BCUT2D eigenvalue weighted by Gasteiger charge is 2.74. The van der Waals surface area contributed by atoms with Gasteiger partial charge in [0.1, 0.15) is 41.9 Å². The van der Waals surface area contributed by atoms with Crippen molar-refractivity contribution in [2.24, 2.45) is 11.3 Å². The third kappa shape index (κ3) is 4.35. The zero-order valence-corrected chi connectivity index (χ0v) is 26.4. The number of aliphatic hydroxyl groups excluding tert-OH is 1. The van der Waals surface area contributed by atoms with Crippen LogP contribution in [0.1, 0.15) is 18.7 Å². The van der Waals surface area contributed by atoms with E-state index in [2.05, 4.69) is 29.9 Å². The number of aromatic nitrogens is 8. The van der Waals surface area contributed by atoms with Gasteiger partial charge in [-0.25, -0.2) is 24.5 Å². The molecular weight excluding hydrogens is 686 g/mol. The van der Waals surface area contributed by atoms with Crippen LogP contribution in [0.4, 0.5) is 11.8 Å². The summed E-state index contributed by atoms with van der Waals surface area (Å²) in [6.07, 6.45) is -1.54. The van der Waals surface area contributed by atoms with Crippen LogP contribution in [0.2, 0.25) is 0 Å². The van der Waals surface area contributed by atoms with Crippen molar-refractivity contribution in [2.45, 2.75) is 48.7 Å². The molecule has 24 heteroatoms. The molecule has 1 spiro atoms. The first-order valence-corrected chi connectivity index (χ1v) is 18.3. The number of nitrogen functional groups attached to an aromatic ring is 2. The molecule has 47 heavy (non-hydrogen) atoms. The monoisotopic (exact) mass is 712 g/mol. The third-order valence-corrected chi connectivity index (χ3v) is 12.2. The van der Waals surface area contributed by atoms with Gasteiger partial charge in [0.2, 0.25) is 5.95 Å². The number of aromatic amines is 1. The lowest BCUT2D eigenvalue weighted by molar-refractivity contribution is -0.183. The van der Waals surface area contributed by atoms with E-state index < -0.39 is 81.0 Å². The van der Waals surface area contributed by atoms with Gasteiger partial charge >= 0.3 is 14.5 Å². The summed E-state index contributed by atoms with van der Waals surface area (Å²) >= 11 is 5.41. The molecule has 0 aromatic carbocycles. The van der Waals surface area contributed by atoms with Crippen LogP contribution in [-0.4, -0.2) is 104 Å². The van der Waals surface area contributed by atoms with Crippen molar-refractivity contribution < 1.29 is 47.0 Å². The molecule has 2 saturated carbocycles. The zero-order valence-electron chi connectivity index (χ0n) is 23.8. The smallest absolute Gasteiger partial charge is 0.388 e. The number of phosphoric ester groups is 1. The fourth-order valence-corrected chi connectivity index (χ4v) is 10.1. The van der Waals surface area contributed by atoms with E-state index in [9.17, 15) is 24.3 Å². The Morgan fingerprint density at radius 2 is 1.79 bits per heavy atom. The molecule has 2 unspecified atom stereocenters. The Balaban J connectivity index is 1.05. The summed E-state index contributed by atoms with van der Waals surface area (Å²) in [5.41, 5.74) is 9.18. The van der Waals surface area contributed by atoms with Crippen LogP contribution in [0.15, 0.2) is 23.8 Å². The average molecular weight is 713 g/mol. The second-order valence-electron chi connectivity index (χ2n) is 12.3. The number of aliphatic hydroxyl groups is 1. The van der Waals surface area contributed by atoms with E-state index >= 15 is 0 Å². The number of phosphoric acid groups is 1. The van der Waals surface area contributed by atoms with Crippen molar-refractivity contribution in [2.75, 3.05) is 31.3 Å². The fourth-order valence-electron chi connectivity index (χ4n) is 7.50. The average Bonchev–Trinajstić information content (AvgIpc) is 3.43. The molecule has 2 aliphatic carbocycles. The second kappa shape index (κ2) is 9.80. The number of imidazole rings is 2. The highest BCUT2D eigenvalue weighted by atomic mass is 32.5. The van der Waals surface area contributed by atoms with Gasteiger partial charge in [-0.1, -0.05) is 0 Å². The number of fused-ring (bicyclic) bond motifs is 2. The first kappa shape index (κ1) is 30.1. The van der Waals surface area contributed by atoms with E-state index in [1.54, 1.807) is 4.57 Å². The zero-order chi connectivity index (χ0) is 32.7. The summed E-state index contributed by atoms with van der Waals surface area (Å²) in [7, 11) is -4.86. The number of anilines is 2. The molecule has 5 aliphatic rings. The first-order valence-electron chi connectivity index (χ1n) is 14.3. The van der Waals surface area contributed by atoms with Crippen LogP contribution in [0.25, 0.3) is 22.3 Å². The Bertz CT molecular complexity index is 2130. The molecule has 4 aromatic rings. The van der Waals surface area contributed by atoms with Crippen LogP contribution in [0.3, 0.4) is 0 Å². The third-order valence-electron chi connectivity index (χ3n) is 9.69. The van der Waals surface area contributed by atoms with E-state index in [4.69, 9.17) is 50.8 Å². The molecule has 4 aromatic heterocycles. The molecular formula is C23H26N10O11P2S. The highest BCUT2D eigenvalue weighted by molar-refractivity contribution is 8.07. The maximum Gasteiger partial charge on any atom is 0.472 e. The molecule has 21 nitrogen and oxygen atoms in total. The Hall–Kier alpha value is -2.98. The van der Waals surface area contributed by atoms with Crippen molar-refractivity contribution >= 4 is 60.4 Å². The number of nitrogens with one attached hydrogen (secondary N) is 1. The summed E-state index contributed by atoms with van der Waals surface area (Å²) in [6, 6.07) is -0.701. The van der Waals surface area contributed by atoms with Gasteiger partial charge in [-0.15, -0.1) is 0 Å². The Kier molecular flexibility index (Phi) is 6.28. The van der Waals surface area contributed by atoms with E-state index in [1.165, 1.54) is 23.5 Å². The number of nitrogens with two attached hydrogens (primary N) is 2. The topological polar surface area (TPSA) is 292 Å². The molecule has 3 saturated heterocycles. The molecule has 250 valence electrons. The predicted octanol–water partition coefficient (Wildman–Crippen LogP) is -1.15. The molecule has 11 atom stereocenters. The van der Waals surface area contributed by atoms with Gasteiger partial charge in [-0.05, 0) is 24.1 Å². The van der Waals surface area contributed by atoms with Crippen molar-refractivity contribution in [1.82, 2.24) is 39.0 Å². The van der Waals surface area contributed by atoms with Gasteiger partial charge < -0.3 is 49.4 Å². The van der Waals surface area contributed by atoms with Gasteiger partial charge in [-0.2, -0.15) is 4.98 Å². The highest BCUT2D eigenvalue weighted by Crippen LogP contribution is 2.72. The quantitative estimate of drug-likeness (QED) is 0.134. The van der Waals surface area contributed by atoms with E-state index in [0.29, 0.717) is 17.6 Å². The molecule has 3 aliphatic heterocycles. The van der Waals surface area contributed by atoms with Crippen LogP contribution in [0, 0.1) is 11.3 Å². The lowest BCUT2D eigenvalue weighted by Crippen LogP contribution is -2.46. The number of hydrogen-bond acceptors (Lipinski definition) is 17. The lowest BCUT2D eigenvalue weighted by Gasteiger charge is -2.35. The second-order valence-corrected chi connectivity index (χ2v) is 16.5. The first-order chi connectivity index (χ1) is 22.3. The molecule has 9 rings (SSSR count). The molecule has 0 radical (unpaired) electrons. The summed E-state index contributed by atoms with van der Waals surface area (Å²) in [6.45, 7) is -5.25. The van der Waals surface area contributed by atoms with Crippen LogP contribution < -0.4 is 17.0 Å². The Labute approximate surface area is 267 Å². The Morgan fingerprint density at radius 3 is 2.62 bits per heavy atom. The number of nitrogens with zero attached hydrogens (tertiary/aromatic N) is 7. The van der Waals surface area contributed by atoms with Gasteiger partial charge in [-0.3, -0.25) is 23.4 Å². The molecule has 8 N–H and O–H groups in total. The maximum atomic E-state index is 13.6. The summed E-state index contributed by atoms with van der Waals surface area (Å²) < 4.78 is 52.0. The summed E-state index contributed by atoms with van der Waals surface area (Å²) in [4.78, 5) is 57.9. The lowest BCUT2D eigenvalue weighted by atomic mass is 10.0. The van der Waals surface area contributed by atoms with Crippen LogP contribution in [0.5, 0.6) is 0 Å². The maximum absolute atomic E-state index is 13.6. The fraction of sp³-hybridized carbons (Fsp3) is 0.565. The van der Waals surface area contributed by atoms with Crippen molar-refractivity contribution in [3.8, 4) is 0 Å². The van der Waals surface area contributed by atoms with Gasteiger partial charge in [0.15, 0.2) is 28.9 Å². The molecule has 5 fully saturated rings. The largest absolute Gasteiger partial charge is 0.472 e. The van der Waals surface area contributed by atoms with Crippen molar-refractivity contribution in [3.05, 3.63) is 29.3 Å². The number of H-pyrrole nitrogens is 1. The minimum Gasteiger partial charge on any atom is -0.388 e. The van der Waals surface area contributed by atoms with Gasteiger partial charge in [0.05, 0.1) is 38.5 Å². The molecule has 7 heterocycles. The van der Waals surface area contributed by atoms with E-state index in [0.717, 1.165) is 0 Å².